The Balaban J connectivity index is 1.52. The lowest BCUT2D eigenvalue weighted by molar-refractivity contribution is -0.122. The van der Waals surface area contributed by atoms with E-state index in [4.69, 9.17) is 4.74 Å². The van der Waals surface area contributed by atoms with Crippen LogP contribution in [0, 0.1) is 11.7 Å². The first-order chi connectivity index (χ1) is 9.25. The molecule has 0 atom stereocenters. The average molecular weight is 263 g/mol. The summed E-state index contributed by atoms with van der Waals surface area (Å²) in [5.74, 6) is 0.619. The van der Waals surface area contributed by atoms with Crippen LogP contribution in [0.1, 0.15) is 30.4 Å². The quantitative estimate of drug-likeness (QED) is 0.827. The SMILES string of the molecule is O=C(NCCCc1ccc(F)c2c1CCO2)C1CC1. The first kappa shape index (κ1) is 12.5. The number of halogens is 1. The summed E-state index contributed by atoms with van der Waals surface area (Å²) < 4.78 is 18.8. The highest BCUT2D eigenvalue weighted by Crippen LogP contribution is 2.32. The van der Waals surface area contributed by atoms with E-state index >= 15 is 0 Å². The predicted molar refractivity (Wildman–Crippen MR) is 69.7 cm³/mol. The highest BCUT2D eigenvalue weighted by atomic mass is 19.1. The molecule has 1 fully saturated rings. The molecule has 1 aromatic rings. The molecule has 0 unspecified atom stereocenters. The molecule has 0 spiro atoms. The monoisotopic (exact) mass is 263 g/mol. The van der Waals surface area contributed by atoms with Gasteiger partial charge in [0.15, 0.2) is 11.6 Å². The minimum Gasteiger partial charge on any atom is -0.490 e. The van der Waals surface area contributed by atoms with Gasteiger partial charge in [0.1, 0.15) is 0 Å². The van der Waals surface area contributed by atoms with E-state index < -0.39 is 0 Å². The zero-order valence-corrected chi connectivity index (χ0v) is 10.9. The molecule has 1 N–H and O–H groups in total. The Morgan fingerprint density at radius 1 is 1.42 bits per heavy atom. The van der Waals surface area contributed by atoms with E-state index in [0.29, 0.717) is 18.9 Å². The van der Waals surface area contributed by atoms with Crippen molar-refractivity contribution < 1.29 is 13.9 Å². The largest absolute Gasteiger partial charge is 0.490 e. The minimum absolute atomic E-state index is 0.188. The summed E-state index contributed by atoms with van der Waals surface area (Å²) in [4.78, 5) is 11.5. The van der Waals surface area contributed by atoms with Gasteiger partial charge in [0, 0.05) is 24.4 Å². The Morgan fingerprint density at radius 3 is 3.05 bits per heavy atom. The first-order valence-electron chi connectivity index (χ1n) is 6.96. The molecule has 3 rings (SSSR count). The molecule has 3 nitrogen and oxygen atoms in total. The molecule has 0 bridgehead atoms. The van der Waals surface area contributed by atoms with Crippen LogP contribution < -0.4 is 10.1 Å². The molecule has 0 radical (unpaired) electrons. The fourth-order valence-electron chi connectivity index (χ4n) is 2.54. The number of carbonyl (C=O) groups excluding carboxylic acids is 1. The number of benzene rings is 1. The third kappa shape index (κ3) is 2.72. The minimum atomic E-state index is -0.265. The molecule has 1 aromatic carbocycles. The van der Waals surface area contributed by atoms with Crippen molar-refractivity contribution in [2.45, 2.75) is 32.1 Å². The van der Waals surface area contributed by atoms with Gasteiger partial charge < -0.3 is 10.1 Å². The van der Waals surface area contributed by atoms with Gasteiger partial charge in [-0.1, -0.05) is 6.07 Å². The molecule has 4 heteroatoms. The molecule has 1 aliphatic heterocycles. The van der Waals surface area contributed by atoms with Crippen LogP contribution >= 0.6 is 0 Å². The van der Waals surface area contributed by atoms with Crippen molar-refractivity contribution in [1.29, 1.82) is 0 Å². The Hall–Kier alpha value is -1.58. The summed E-state index contributed by atoms with van der Waals surface area (Å²) >= 11 is 0. The number of amides is 1. The van der Waals surface area contributed by atoms with E-state index in [1.807, 2.05) is 6.07 Å². The Kier molecular flexibility index (Phi) is 3.40. The summed E-state index contributed by atoms with van der Waals surface area (Å²) in [6.45, 7) is 1.27. The third-order valence-corrected chi connectivity index (χ3v) is 3.78. The Morgan fingerprint density at radius 2 is 2.26 bits per heavy atom. The summed E-state index contributed by atoms with van der Waals surface area (Å²) in [6.07, 6.45) is 4.60. The number of nitrogens with one attached hydrogen (secondary N) is 1. The molecule has 1 heterocycles. The molecule has 2 aliphatic rings. The number of ether oxygens (including phenoxy) is 1. The maximum atomic E-state index is 13.5. The fraction of sp³-hybridized carbons (Fsp3) is 0.533. The first-order valence-corrected chi connectivity index (χ1v) is 6.96. The number of fused-ring (bicyclic) bond motifs is 1. The highest BCUT2D eigenvalue weighted by molar-refractivity contribution is 5.80. The third-order valence-electron chi connectivity index (χ3n) is 3.78. The molecule has 0 saturated heterocycles. The second-order valence-electron chi connectivity index (χ2n) is 5.28. The van der Waals surface area contributed by atoms with Crippen LogP contribution in [-0.4, -0.2) is 19.1 Å². The second-order valence-corrected chi connectivity index (χ2v) is 5.28. The van der Waals surface area contributed by atoms with E-state index in [1.165, 1.54) is 6.07 Å². The summed E-state index contributed by atoms with van der Waals surface area (Å²) in [7, 11) is 0. The lowest BCUT2D eigenvalue weighted by Crippen LogP contribution is -2.26. The van der Waals surface area contributed by atoms with Crippen molar-refractivity contribution in [3.8, 4) is 5.75 Å². The van der Waals surface area contributed by atoms with Crippen molar-refractivity contribution in [3.05, 3.63) is 29.1 Å². The molecule has 1 saturated carbocycles. The zero-order chi connectivity index (χ0) is 13.2. The zero-order valence-electron chi connectivity index (χ0n) is 10.9. The summed E-state index contributed by atoms with van der Waals surface area (Å²) in [6, 6.07) is 3.31. The van der Waals surface area contributed by atoms with Crippen LogP contribution in [0.15, 0.2) is 12.1 Å². The van der Waals surface area contributed by atoms with Crippen molar-refractivity contribution in [2.24, 2.45) is 5.92 Å². The van der Waals surface area contributed by atoms with Crippen LogP contribution in [-0.2, 0) is 17.6 Å². The maximum absolute atomic E-state index is 13.5. The van der Waals surface area contributed by atoms with Crippen LogP contribution in [0.2, 0.25) is 0 Å². The van der Waals surface area contributed by atoms with Crippen molar-refractivity contribution in [2.75, 3.05) is 13.2 Å². The van der Waals surface area contributed by atoms with Gasteiger partial charge in [-0.25, -0.2) is 4.39 Å². The number of carbonyl (C=O) groups is 1. The van der Waals surface area contributed by atoms with Gasteiger partial charge in [-0.05, 0) is 37.3 Å². The lowest BCUT2D eigenvalue weighted by atomic mass is 10.0. The van der Waals surface area contributed by atoms with Gasteiger partial charge in [-0.2, -0.15) is 0 Å². The highest BCUT2D eigenvalue weighted by Gasteiger charge is 2.29. The van der Waals surface area contributed by atoms with Crippen molar-refractivity contribution in [3.63, 3.8) is 0 Å². The van der Waals surface area contributed by atoms with Gasteiger partial charge in [-0.15, -0.1) is 0 Å². The van der Waals surface area contributed by atoms with Gasteiger partial charge in [0.25, 0.3) is 0 Å². The van der Waals surface area contributed by atoms with Gasteiger partial charge in [0.05, 0.1) is 6.61 Å². The van der Waals surface area contributed by atoms with E-state index in [9.17, 15) is 9.18 Å². The van der Waals surface area contributed by atoms with Gasteiger partial charge in [-0.3, -0.25) is 4.79 Å². The topological polar surface area (TPSA) is 38.3 Å². The number of rotatable bonds is 5. The number of hydrogen-bond donors (Lipinski definition) is 1. The Bertz CT molecular complexity index is 497. The fourth-order valence-corrected chi connectivity index (χ4v) is 2.54. The molecular formula is C15H18FNO2. The van der Waals surface area contributed by atoms with Gasteiger partial charge in [0.2, 0.25) is 5.91 Å². The van der Waals surface area contributed by atoms with E-state index in [2.05, 4.69) is 5.32 Å². The van der Waals surface area contributed by atoms with Crippen molar-refractivity contribution >= 4 is 5.91 Å². The molecule has 102 valence electrons. The maximum Gasteiger partial charge on any atom is 0.223 e. The predicted octanol–water partition coefficient (Wildman–Crippen LogP) is 2.22. The molecule has 19 heavy (non-hydrogen) atoms. The van der Waals surface area contributed by atoms with Crippen LogP contribution in [0.5, 0.6) is 5.75 Å². The van der Waals surface area contributed by atoms with E-state index in [1.54, 1.807) is 0 Å². The Labute approximate surface area is 112 Å². The standard InChI is InChI=1S/C15H18FNO2/c16-13-6-5-10(12-7-9-19-14(12)13)2-1-8-17-15(18)11-3-4-11/h5-6,11H,1-4,7-9H2,(H,17,18). The summed E-state index contributed by atoms with van der Waals surface area (Å²) in [5.41, 5.74) is 2.16. The second kappa shape index (κ2) is 5.19. The molecule has 1 amide bonds. The average Bonchev–Trinajstić information content (AvgIpc) is 3.14. The number of aryl methyl sites for hydroxylation is 1. The van der Waals surface area contributed by atoms with E-state index in [-0.39, 0.29) is 17.6 Å². The molecule has 0 aromatic heterocycles. The number of hydrogen-bond acceptors (Lipinski definition) is 2. The lowest BCUT2D eigenvalue weighted by Gasteiger charge is -2.08. The van der Waals surface area contributed by atoms with Crippen LogP contribution in [0.25, 0.3) is 0 Å². The van der Waals surface area contributed by atoms with Gasteiger partial charge >= 0.3 is 0 Å². The van der Waals surface area contributed by atoms with Crippen molar-refractivity contribution in [1.82, 2.24) is 5.32 Å². The molecular weight excluding hydrogens is 245 g/mol. The smallest absolute Gasteiger partial charge is 0.223 e. The van der Waals surface area contributed by atoms with E-state index in [0.717, 1.165) is 43.2 Å². The van der Waals surface area contributed by atoms with Crippen LogP contribution in [0.3, 0.4) is 0 Å². The van der Waals surface area contributed by atoms with Crippen LogP contribution in [0.4, 0.5) is 4.39 Å². The normalized spacial score (nSPS) is 16.9. The summed E-state index contributed by atoms with van der Waals surface area (Å²) in [5, 5.41) is 2.95. The molecule has 1 aliphatic carbocycles.